The summed E-state index contributed by atoms with van der Waals surface area (Å²) in [4.78, 5) is 14.5. The van der Waals surface area contributed by atoms with Gasteiger partial charge in [-0.25, -0.2) is 0 Å². The van der Waals surface area contributed by atoms with E-state index in [9.17, 15) is 9.90 Å². The molecular formula is C25H32N2O2. The van der Waals surface area contributed by atoms with Crippen LogP contribution in [-0.4, -0.2) is 35.1 Å². The third kappa shape index (κ3) is 3.91. The molecule has 4 atom stereocenters. The molecule has 3 N–H and O–H groups in total. The Balaban J connectivity index is 1.53. The number of nitrogen functional groups attached to an aromatic ring is 1. The van der Waals surface area contributed by atoms with E-state index in [4.69, 9.17) is 5.73 Å². The van der Waals surface area contributed by atoms with Crippen LogP contribution in [0.25, 0.3) is 0 Å². The fourth-order valence-electron chi connectivity index (χ4n) is 5.87. The predicted molar refractivity (Wildman–Crippen MR) is 117 cm³/mol. The molecule has 0 amide bonds. The van der Waals surface area contributed by atoms with Crippen molar-refractivity contribution >= 4 is 11.7 Å². The average molecular weight is 393 g/mol. The third-order valence-corrected chi connectivity index (χ3v) is 7.48. The van der Waals surface area contributed by atoms with Crippen LogP contribution in [0.5, 0.6) is 0 Å². The van der Waals surface area contributed by atoms with Gasteiger partial charge in [0.25, 0.3) is 0 Å². The highest BCUT2D eigenvalue weighted by molar-refractivity contribution is 5.70. The Kier molecular flexibility index (Phi) is 5.64. The zero-order chi connectivity index (χ0) is 20.4. The minimum absolute atomic E-state index is 0.174. The molecule has 1 aliphatic carbocycles. The lowest BCUT2D eigenvalue weighted by Gasteiger charge is -2.56. The number of hydrogen-bond donors (Lipinski definition) is 2. The summed E-state index contributed by atoms with van der Waals surface area (Å²) < 4.78 is 0. The van der Waals surface area contributed by atoms with Crippen molar-refractivity contribution in [2.75, 3.05) is 18.8 Å². The van der Waals surface area contributed by atoms with E-state index in [-0.39, 0.29) is 11.3 Å². The quantitative estimate of drug-likeness (QED) is 0.718. The lowest BCUT2D eigenvalue weighted by atomic mass is 9.57. The van der Waals surface area contributed by atoms with E-state index in [1.165, 1.54) is 18.4 Å². The number of anilines is 1. The summed E-state index contributed by atoms with van der Waals surface area (Å²) in [6.07, 6.45) is 5.22. The molecule has 29 heavy (non-hydrogen) atoms. The number of aliphatic carboxylic acids is 1. The lowest BCUT2D eigenvalue weighted by molar-refractivity contribution is -0.143. The minimum atomic E-state index is -0.690. The highest BCUT2D eigenvalue weighted by atomic mass is 16.4. The summed E-state index contributed by atoms with van der Waals surface area (Å²) in [5, 5.41) is 9.87. The molecule has 1 aliphatic heterocycles. The van der Waals surface area contributed by atoms with E-state index in [1.54, 1.807) is 0 Å². The Morgan fingerprint density at radius 3 is 2.72 bits per heavy atom. The summed E-state index contributed by atoms with van der Waals surface area (Å²) in [5.41, 5.74) is 9.58. The maximum Gasteiger partial charge on any atom is 0.308 e. The molecule has 2 aliphatic rings. The first-order chi connectivity index (χ1) is 14.0. The molecule has 4 nitrogen and oxygen atoms in total. The average Bonchev–Trinajstić information content (AvgIpc) is 2.70. The fraction of sp³-hybridized carbons (Fsp3) is 0.480. The Morgan fingerprint density at radius 2 is 2.00 bits per heavy atom. The number of nitrogens with two attached hydrogens (primary N) is 1. The van der Waals surface area contributed by atoms with Crippen molar-refractivity contribution in [3.8, 4) is 0 Å². The Bertz CT molecular complexity index is 853. The molecule has 0 spiro atoms. The number of carbonyl (C=O) groups is 1. The SMILES string of the molecule is CC1C2CCCC1(c1cccc(N)c1)CCN2CC(Cc1ccccc1)C(=O)O. The van der Waals surface area contributed by atoms with Crippen molar-refractivity contribution in [2.24, 2.45) is 11.8 Å². The molecule has 1 saturated carbocycles. The van der Waals surface area contributed by atoms with E-state index in [0.717, 1.165) is 30.6 Å². The van der Waals surface area contributed by atoms with E-state index in [2.05, 4.69) is 30.0 Å². The Labute approximate surface area is 173 Å². The number of piperidine rings is 1. The molecule has 2 aromatic rings. The summed E-state index contributed by atoms with van der Waals surface area (Å²) in [6.45, 7) is 3.96. The summed E-state index contributed by atoms with van der Waals surface area (Å²) in [6, 6.07) is 18.9. The smallest absolute Gasteiger partial charge is 0.308 e. The van der Waals surface area contributed by atoms with Gasteiger partial charge in [-0.2, -0.15) is 0 Å². The van der Waals surface area contributed by atoms with Gasteiger partial charge in [-0.1, -0.05) is 55.8 Å². The van der Waals surface area contributed by atoms with E-state index < -0.39 is 5.97 Å². The van der Waals surface area contributed by atoms with Gasteiger partial charge < -0.3 is 10.8 Å². The molecule has 2 fully saturated rings. The fourth-order valence-corrected chi connectivity index (χ4v) is 5.87. The second-order valence-corrected chi connectivity index (χ2v) is 9.00. The van der Waals surface area contributed by atoms with Crippen molar-refractivity contribution in [1.29, 1.82) is 0 Å². The molecule has 154 valence electrons. The lowest BCUT2D eigenvalue weighted by Crippen LogP contribution is -2.58. The molecule has 2 bridgehead atoms. The standard InChI is InChI=1S/C25H32N2O2/c1-18-23-11-6-12-25(18,21-9-5-10-22(26)16-21)13-14-27(23)17-20(24(28)29)15-19-7-3-2-4-8-19/h2-5,7-10,16,18,20,23H,6,11-15,17,26H2,1H3,(H,28,29). The minimum Gasteiger partial charge on any atom is -0.481 e. The van der Waals surface area contributed by atoms with Crippen molar-refractivity contribution in [3.05, 3.63) is 65.7 Å². The second-order valence-electron chi connectivity index (χ2n) is 9.00. The summed E-state index contributed by atoms with van der Waals surface area (Å²) in [7, 11) is 0. The highest BCUT2D eigenvalue weighted by Crippen LogP contribution is 2.51. The molecule has 4 unspecified atom stereocenters. The first-order valence-corrected chi connectivity index (χ1v) is 10.9. The van der Waals surface area contributed by atoms with Gasteiger partial charge in [-0.05, 0) is 61.4 Å². The van der Waals surface area contributed by atoms with Crippen LogP contribution in [0.15, 0.2) is 54.6 Å². The van der Waals surface area contributed by atoms with E-state index in [1.807, 2.05) is 36.4 Å². The van der Waals surface area contributed by atoms with Crippen LogP contribution in [0.4, 0.5) is 5.69 Å². The number of carboxylic acid groups (broad SMARTS) is 1. The number of fused-ring (bicyclic) bond motifs is 2. The maximum absolute atomic E-state index is 12.0. The zero-order valence-corrected chi connectivity index (χ0v) is 17.3. The van der Waals surface area contributed by atoms with Crippen LogP contribution in [0.1, 0.15) is 43.7 Å². The number of carboxylic acids is 1. The summed E-state index contributed by atoms with van der Waals surface area (Å²) >= 11 is 0. The van der Waals surface area contributed by atoms with Crippen molar-refractivity contribution in [2.45, 2.75) is 50.5 Å². The largest absolute Gasteiger partial charge is 0.481 e. The van der Waals surface area contributed by atoms with Crippen LogP contribution in [0.3, 0.4) is 0 Å². The molecular weight excluding hydrogens is 360 g/mol. The van der Waals surface area contributed by atoms with Gasteiger partial charge in [0.05, 0.1) is 5.92 Å². The van der Waals surface area contributed by atoms with Gasteiger partial charge in [-0.15, -0.1) is 0 Å². The number of benzene rings is 2. The number of nitrogens with zero attached hydrogens (tertiary/aromatic N) is 1. The van der Waals surface area contributed by atoms with Crippen LogP contribution in [0.2, 0.25) is 0 Å². The Morgan fingerprint density at radius 1 is 1.21 bits per heavy atom. The molecule has 1 heterocycles. The normalized spacial score (nSPS) is 28.0. The molecule has 0 radical (unpaired) electrons. The monoisotopic (exact) mass is 392 g/mol. The first-order valence-electron chi connectivity index (χ1n) is 10.9. The molecule has 0 aromatic heterocycles. The molecule has 2 aromatic carbocycles. The number of likely N-dealkylation sites (tertiary alicyclic amines) is 1. The maximum atomic E-state index is 12.0. The number of hydrogen-bond acceptors (Lipinski definition) is 3. The van der Waals surface area contributed by atoms with Gasteiger partial charge in [0.1, 0.15) is 0 Å². The van der Waals surface area contributed by atoms with Gasteiger partial charge >= 0.3 is 5.97 Å². The summed E-state index contributed by atoms with van der Waals surface area (Å²) in [5.74, 6) is -0.561. The zero-order valence-electron chi connectivity index (χ0n) is 17.3. The van der Waals surface area contributed by atoms with Gasteiger partial charge in [0.15, 0.2) is 0 Å². The van der Waals surface area contributed by atoms with Crippen LogP contribution < -0.4 is 5.73 Å². The van der Waals surface area contributed by atoms with E-state index in [0.29, 0.717) is 24.9 Å². The number of rotatable bonds is 6. The van der Waals surface area contributed by atoms with Gasteiger partial charge in [0.2, 0.25) is 0 Å². The molecule has 4 heteroatoms. The first kappa shape index (κ1) is 20.0. The van der Waals surface area contributed by atoms with Crippen LogP contribution in [-0.2, 0) is 16.6 Å². The van der Waals surface area contributed by atoms with Crippen LogP contribution >= 0.6 is 0 Å². The highest BCUT2D eigenvalue weighted by Gasteiger charge is 2.49. The topological polar surface area (TPSA) is 66.6 Å². The second kappa shape index (κ2) is 8.19. The van der Waals surface area contributed by atoms with Crippen molar-refractivity contribution in [1.82, 2.24) is 4.90 Å². The Hall–Kier alpha value is -2.33. The van der Waals surface area contributed by atoms with Crippen LogP contribution in [0, 0.1) is 11.8 Å². The van der Waals surface area contributed by atoms with E-state index >= 15 is 0 Å². The van der Waals surface area contributed by atoms with Crippen molar-refractivity contribution in [3.63, 3.8) is 0 Å². The van der Waals surface area contributed by atoms with Gasteiger partial charge in [-0.3, -0.25) is 9.69 Å². The molecule has 1 saturated heterocycles. The van der Waals surface area contributed by atoms with Gasteiger partial charge in [0, 0.05) is 23.7 Å². The van der Waals surface area contributed by atoms with Crippen molar-refractivity contribution < 1.29 is 9.90 Å². The predicted octanol–water partition coefficient (Wildman–Crippen LogP) is 4.34. The third-order valence-electron chi connectivity index (χ3n) is 7.48. The molecule has 4 rings (SSSR count).